The minimum absolute atomic E-state index is 0.00988. The predicted molar refractivity (Wildman–Crippen MR) is 133 cm³/mol. The van der Waals surface area contributed by atoms with Crippen molar-refractivity contribution in [3.8, 4) is 0 Å². The van der Waals surface area contributed by atoms with Gasteiger partial charge in [-0.1, -0.05) is 22.9 Å². The lowest BCUT2D eigenvalue weighted by atomic mass is 10.2. The van der Waals surface area contributed by atoms with Gasteiger partial charge >= 0.3 is 0 Å². The number of hydrogen-bond donors (Lipinski definition) is 0. The Morgan fingerprint density at radius 1 is 1.12 bits per heavy atom. The van der Waals surface area contributed by atoms with Crippen LogP contribution in [0.5, 0.6) is 0 Å². The highest BCUT2D eigenvalue weighted by Crippen LogP contribution is 2.35. The number of amides is 1. The molecule has 0 saturated heterocycles. The molecule has 2 heterocycles. The fourth-order valence-electron chi connectivity index (χ4n) is 3.47. The van der Waals surface area contributed by atoms with Gasteiger partial charge in [0, 0.05) is 33.8 Å². The summed E-state index contributed by atoms with van der Waals surface area (Å²) >= 11 is 8.99. The van der Waals surface area contributed by atoms with E-state index in [1.165, 1.54) is 34.8 Å². The lowest BCUT2D eigenvalue weighted by Crippen LogP contribution is -2.32. The zero-order chi connectivity index (χ0) is 23.0. The molecule has 4 rings (SSSR count). The molecule has 0 N–H and O–H groups in total. The standard InChI is InChI=1S/C22H21ClN4O3S2/c1-13-9-15(23)12-18-20(13)24-22(32-18)26(8-4-7-25(2)3)21(28)19-11-14-10-16(27(29)30)5-6-17(14)31-19/h5-6,9-12H,4,7-8H2,1-3H3. The van der Waals surface area contributed by atoms with Gasteiger partial charge in [-0.25, -0.2) is 4.98 Å². The van der Waals surface area contributed by atoms with E-state index >= 15 is 0 Å². The number of halogens is 1. The summed E-state index contributed by atoms with van der Waals surface area (Å²) in [6.45, 7) is 3.30. The normalized spacial score (nSPS) is 11.5. The van der Waals surface area contributed by atoms with Crippen molar-refractivity contribution in [2.75, 3.05) is 32.1 Å². The number of benzene rings is 2. The third-order valence-electron chi connectivity index (χ3n) is 5.02. The molecule has 0 aliphatic carbocycles. The van der Waals surface area contributed by atoms with Gasteiger partial charge in [0.2, 0.25) is 0 Å². The first-order valence-corrected chi connectivity index (χ1v) is 12.0. The van der Waals surface area contributed by atoms with E-state index in [1.807, 2.05) is 33.2 Å². The topological polar surface area (TPSA) is 79.6 Å². The van der Waals surface area contributed by atoms with Crippen molar-refractivity contribution in [3.63, 3.8) is 0 Å². The van der Waals surface area contributed by atoms with Gasteiger partial charge in [-0.15, -0.1) is 11.3 Å². The number of carbonyl (C=O) groups excluding carboxylic acids is 1. The van der Waals surface area contributed by atoms with Gasteiger partial charge < -0.3 is 4.90 Å². The van der Waals surface area contributed by atoms with Crippen LogP contribution >= 0.6 is 34.3 Å². The second-order valence-corrected chi connectivity index (χ2v) is 10.3. The molecule has 0 unspecified atom stereocenters. The summed E-state index contributed by atoms with van der Waals surface area (Å²) in [6, 6.07) is 10.1. The number of anilines is 1. The Balaban J connectivity index is 1.73. The van der Waals surface area contributed by atoms with Crippen LogP contribution < -0.4 is 4.90 Å². The van der Waals surface area contributed by atoms with Crippen molar-refractivity contribution in [2.24, 2.45) is 0 Å². The lowest BCUT2D eigenvalue weighted by molar-refractivity contribution is -0.384. The first-order chi connectivity index (χ1) is 15.2. The number of thiophene rings is 1. The van der Waals surface area contributed by atoms with Crippen LogP contribution in [0.2, 0.25) is 5.02 Å². The highest BCUT2D eigenvalue weighted by Gasteiger charge is 2.24. The van der Waals surface area contributed by atoms with Crippen LogP contribution in [0.15, 0.2) is 36.4 Å². The van der Waals surface area contributed by atoms with Crippen LogP contribution in [-0.4, -0.2) is 47.9 Å². The molecular formula is C22H21ClN4O3S2. The van der Waals surface area contributed by atoms with E-state index in [4.69, 9.17) is 16.6 Å². The minimum atomic E-state index is -0.430. The molecule has 2 aromatic carbocycles. The van der Waals surface area contributed by atoms with Crippen LogP contribution in [0.25, 0.3) is 20.3 Å². The van der Waals surface area contributed by atoms with E-state index in [2.05, 4.69) is 4.90 Å². The maximum Gasteiger partial charge on any atom is 0.270 e. The number of fused-ring (bicyclic) bond motifs is 2. The van der Waals surface area contributed by atoms with Crippen LogP contribution in [-0.2, 0) is 0 Å². The molecule has 0 bridgehead atoms. The van der Waals surface area contributed by atoms with Gasteiger partial charge in [0.25, 0.3) is 11.6 Å². The Morgan fingerprint density at radius 3 is 2.62 bits per heavy atom. The van der Waals surface area contributed by atoms with Crippen molar-refractivity contribution in [2.45, 2.75) is 13.3 Å². The summed E-state index contributed by atoms with van der Waals surface area (Å²) in [5.74, 6) is -0.157. The second-order valence-electron chi connectivity index (χ2n) is 7.77. The molecule has 0 aliphatic rings. The molecule has 10 heteroatoms. The molecule has 4 aromatic rings. The minimum Gasteiger partial charge on any atom is -0.309 e. The van der Waals surface area contributed by atoms with Crippen molar-refractivity contribution in [3.05, 3.63) is 62.0 Å². The van der Waals surface area contributed by atoms with Gasteiger partial charge in [0.1, 0.15) is 0 Å². The monoisotopic (exact) mass is 488 g/mol. The number of thiazole rings is 1. The molecule has 166 valence electrons. The number of nitrogens with zero attached hydrogens (tertiary/aromatic N) is 4. The summed E-state index contributed by atoms with van der Waals surface area (Å²) in [7, 11) is 3.99. The Labute approximate surface area is 198 Å². The Kier molecular flexibility index (Phi) is 6.43. The SMILES string of the molecule is Cc1cc(Cl)cc2sc(N(CCCN(C)C)C(=O)c3cc4cc([N+](=O)[O-])ccc4s3)nc12. The molecule has 0 saturated carbocycles. The summed E-state index contributed by atoms with van der Waals surface area (Å²) in [6.07, 6.45) is 0.783. The maximum absolute atomic E-state index is 13.6. The molecule has 1 amide bonds. The number of aryl methyl sites for hydroxylation is 1. The van der Waals surface area contributed by atoms with Crippen molar-refractivity contribution in [1.29, 1.82) is 0 Å². The highest BCUT2D eigenvalue weighted by molar-refractivity contribution is 7.23. The quantitative estimate of drug-likeness (QED) is 0.236. The summed E-state index contributed by atoms with van der Waals surface area (Å²) < 4.78 is 1.77. The fraction of sp³-hybridized carbons (Fsp3) is 0.273. The van der Waals surface area contributed by atoms with Gasteiger partial charge in [-0.3, -0.25) is 19.8 Å². The Hall–Kier alpha value is -2.59. The molecule has 7 nitrogen and oxygen atoms in total. The number of nitro benzene ring substituents is 1. The molecule has 2 aromatic heterocycles. The van der Waals surface area contributed by atoms with Crippen LogP contribution in [0.1, 0.15) is 21.7 Å². The zero-order valence-corrected chi connectivity index (χ0v) is 20.2. The number of nitro groups is 1. The van der Waals surface area contributed by atoms with E-state index in [-0.39, 0.29) is 11.6 Å². The molecular weight excluding hydrogens is 468 g/mol. The van der Waals surface area contributed by atoms with Crippen LogP contribution in [0.3, 0.4) is 0 Å². The lowest BCUT2D eigenvalue weighted by Gasteiger charge is -2.20. The molecule has 0 fully saturated rings. The fourth-order valence-corrected chi connectivity index (χ4v) is 5.91. The van der Waals surface area contributed by atoms with E-state index in [1.54, 1.807) is 17.0 Å². The van der Waals surface area contributed by atoms with Gasteiger partial charge in [0.15, 0.2) is 5.13 Å². The third-order valence-corrected chi connectivity index (χ3v) is 7.37. The summed E-state index contributed by atoms with van der Waals surface area (Å²) in [4.78, 5) is 33.3. The zero-order valence-electron chi connectivity index (χ0n) is 17.8. The highest BCUT2D eigenvalue weighted by atomic mass is 35.5. The molecule has 32 heavy (non-hydrogen) atoms. The number of aromatic nitrogens is 1. The van der Waals surface area contributed by atoms with E-state index in [9.17, 15) is 14.9 Å². The number of hydrogen-bond acceptors (Lipinski definition) is 7. The maximum atomic E-state index is 13.6. The van der Waals surface area contributed by atoms with Gasteiger partial charge in [-0.05, 0) is 63.8 Å². The smallest absolute Gasteiger partial charge is 0.270 e. The third kappa shape index (κ3) is 4.61. The van der Waals surface area contributed by atoms with E-state index in [0.717, 1.165) is 33.4 Å². The van der Waals surface area contributed by atoms with Gasteiger partial charge in [-0.2, -0.15) is 0 Å². The average Bonchev–Trinajstić information content (AvgIpc) is 3.34. The first-order valence-electron chi connectivity index (χ1n) is 9.94. The van der Waals surface area contributed by atoms with E-state index in [0.29, 0.717) is 27.0 Å². The average molecular weight is 489 g/mol. The molecule has 0 spiro atoms. The van der Waals surface area contributed by atoms with Crippen molar-refractivity contribution >= 4 is 71.3 Å². The largest absolute Gasteiger partial charge is 0.309 e. The molecule has 0 aliphatic heterocycles. The van der Waals surface area contributed by atoms with Crippen LogP contribution in [0, 0.1) is 17.0 Å². The van der Waals surface area contributed by atoms with Crippen molar-refractivity contribution in [1.82, 2.24) is 9.88 Å². The summed E-state index contributed by atoms with van der Waals surface area (Å²) in [5, 5.41) is 13.1. The number of carbonyl (C=O) groups is 1. The first kappa shape index (κ1) is 22.6. The van der Waals surface area contributed by atoms with E-state index < -0.39 is 4.92 Å². The Bertz CT molecular complexity index is 1330. The number of rotatable bonds is 7. The van der Waals surface area contributed by atoms with Crippen molar-refractivity contribution < 1.29 is 9.72 Å². The predicted octanol–water partition coefficient (Wildman–Crippen LogP) is 5.98. The number of non-ortho nitro benzene ring substituents is 1. The second kappa shape index (κ2) is 9.11. The van der Waals surface area contributed by atoms with Crippen LogP contribution in [0.4, 0.5) is 10.8 Å². The summed E-state index contributed by atoms with van der Waals surface area (Å²) in [5.41, 5.74) is 1.81. The molecule has 0 radical (unpaired) electrons. The Morgan fingerprint density at radius 2 is 1.91 bits per heavy atom. The van der Waals surface area contributed by atoms with Gasteiger partial charge in [0.05, 0.1) is 20.0 Å². The molecule has 0 atom stereocenters.